The minimum absolute atomic E-state index is 0.272. The molecule has 5 nitrogen and oxygen atoms in total. The lowest BCUT2D eigenvalue weighted by atomic mass is 10.0. The standard InChI is InChI=1S/C22H23NO4S/c1-14(2)18-6-4-5-7-19(18)27-13-12-26-17-10-8-16(9-11-17)21-23-15(3)20(28-21)22(24)25/h4-11,14H,12-13H2,1-3H3,(H,24,25). The van der Waals surface area contributed by atoms with Crippen LogP contribution in [0.3, 0.4) is 0 Å². The van der Waals surface area contributed by atoms with Crippen LogP contribution >= 0.6 is 11.3 Å². The third-order valence-electron chi connectivity index (χ3n) is 4.24. The van der Waals surface area contributed by atoms with Gasteiger partial charge in [0.2, 0.25) is 0 Å². The van der Waals surface area contributed by atoms with Crippen molar-refractivity contribution in [1.82, 2.24) is 4.98 Å². The Balaban J connectivity index is 1.55. The number of aromatic nitrogens is 1. The number of ether oxygens (including phenoxy) is 2. The van der Waals surface area contributed by atoms with Crippen LogP contribution < -0.4 is 9.47 Å². The molecule has 0 aliphatic carbocycles. The Hall–Kier alpha value is -2.86. The number of carbonyl (C=O) groups is 1. The summed E-state index contributed by atoms with van der Waals surface area (Å²) < 4.78 is 11.6. The van der Waals surface area contributed by atoms with Crippen molar-refractivity contribution in [2.24, 2.45) is 0 Å². The van der Waals surface area contributed by atoms with Gasteiger partial charge in [-0.25, -0.2) is 9.78 Å². The van der Waals surface area contributed by atoms with Gasteiger partial charge in [0.1, 0.15) is 34.6 Å². The summed E-state index contributed by atoms with van der Waals surface area (Å²) in [4.78, 5) is 15.8. The van der Waals surface area contributed by atoms with Crippen LogP contribution in [0.25, 0.3) is 10.6 Å². The molecule has 0 bridgehead atoms. The van der Waals surface area contributed by atoms with Crippen LogP contribution in [-0.4, -0.2) is 29.3 Å². The molecule has 1 aromatic heterocycles. The lowest BCUT2D eigenvalue weighted by molar-refractivity contribution is 0.0701. The van der Waals surface area contributed by atoms with E-state index in [1.807, 2.05) is 42.5 Å². The fourth-order valence-corrected chi connectivity index (χ4v) is 3.72. The number of carboxylic acids is 1. The number of aryl methyl sites for hydroxylation is 1. The number of rotatable bonds is 8. The number of thiazole rings is 1. The number of hydrogen-bond donors (Lipinski definition) is 1. The van der Waals surface area contributed by atoms with Gasteiger partial charge in [-0.15, -0.1) is 11.3 Å². The van der Waals surface area contributed by atoms with Gasteiger partial charge >= 0.3 is 5.97 Å². The van der Waals surface area contributed by atoms with Crippen LogP contribution in [0.5, 0.6) is 11.5 Å². The summed E-state index contributed by atoms with van der Waals surface area (Å²) in [5, 5.41) is 9.85. The molecule has 0 spiro atoms. The quantitative estimate of drug-likeness (QED) is 0.516. The fourth-order valence-electron chi connectivity index (χ4n) is 2.81. The smallest absolute Gasteiger partial charge is 0.347 e. The fraction of sp³-hybridized carbons (Fsp3) is 0.273. The highest BCUT2D eigenvalue weighted by atomic mass is 32.1. The zero-order valence-corrected chi connectivity index (χ0v) is 17.0. The van der Waals surface area contributed by atoms with Gasteiger partial charge in [0.05, 0.1) is 5.69 Å². The Kier molecular flexibility index (Phi) is 6.31. The molecular weight excluding hydrogens is 374 g/mol. The number of carboxylic acid groups (broad SMARTS) is 1. The van der Waals surface area contributed by atoms with Crippen molar-refractivity contribution in [3.05, 3.63) is 64.7 Å². The first-order valence-electron chi connectivity index (χ1n) is 9.11. The molecule has 0 radical (unpaired) electrons. The molecule has 1 heterocycles. The van der Waals surface area contributed by atoms with Crippen molar-refractivity contribution in [3.8, 4) is 22.1 Å². The molecule has 0 amide bonds. The van der Waals surface area contributed by atoms with Crippen LogP contribution in [0, 0.1) is 6.92 Å². The Morgan fingerprint density at radius 2 is 1.75 bits per heavy atom. The first kappa shape index (κ1) is 19.9. The van der Waals surface area contributed by atoms with E-state index in [9.17, 15) is 4.79 Å². The highest BCUT2D eigenvalue weighted by Gasteiger charge is 2.15. The van der Waals surface area contributed by atoms with E-state index in [0.717, 1.165) is 17.1 Å². The number of benzene rings is 2. The molecule has 3 aromatic rings. The summed E-state index contributed by atoms with van der Waals surface area (Å²) in [5.74, 6) is 1.09. The van der Waals surface area contributed by atoms with Crippen molar-refractivity contribution >= 4 is 17.3 Å². The van der Waals surface area contributed by atoms with Gasteiger partial charge in [-0.3, -0.25) is 0 Å². The van der Waals surface area contributed by atoms with Crippen LogP contribution in [0.2, 0.25) is 0 Å². The maximum atomic E-state index is 11.2. The maximum absolute atomic E-state index is 11.2. The van der Waals surface area contributed by atoms with Crippen molar-refractivity contribution in [2.45, 2.75) is 26.7 Å². The van der Waals surface area contributed by atoms with Crippen molar-refractivity contribution < 1.29 is 19.4 Å². The highest BCUT2D eigenvalue weighted by Crippen LogP contribution is 2.29. The highest BCUT2D eigenvalue weighted by molar-refractivity contribution is 7.17. The second kappa shape index (κ2) is 8.89. The molecule has 0 saturated carbocycles. The van der Waals surface area contributed by atoms with E-state index >= 15 is 0 Å². The minimum Gasteiger partial charge on any atom is -0.490 e. The van der Waals surface area contributed by atoms with E-state index < -0.39 is 5.97 Å². The van der Waals surface area contributed by atoms with Gasteiger partial charge in [0.25, 0.3) is 0 Å². The van der Waals surface area contributed by atoms with Gasteiger partial charge in [-0.1, -0.05) is 32.0 Å². The molecule has 0 aliphatic heterocycles. The van der Waals surface area contributed by atoms with Gasteiger partial charge in [0.15, 0.2) is 0 Å². The first-order valence-corrected chi connectivity index (χ1v) is 9.93. The Morgan fingerprint density at radius 1 is 1.07 bits per heavy atom. The predicted molar refractivity (Wildman–Crippen MR) is 111 cm³/mol. The summed E-state index contributed by atoms with van der Waals surface area (Å²) in [7, 11) is 0. The molecule has 0 saturated heterocycles. The normalized spacial score (nSPS) is 10.9. The van der Waals surface area contributed by atoms with E-state index in [1.54, 1.807) is 6.92 Å². The molecule has 6 heteroatoms. The molecule has 0 atom stereocenters. The van der Waals surface area contributed by atoms with Crippen molar-refractivity contribution in [1.29, 1.82) is 0 Å². The molecule has 0 unspecified atom stereocenters. The molecule has 146 valence electrons. The van der Waals surface area contributed by atoms with E-state index in [1.165, 1.54) is 16.9 Å². The Morgan fingerprint density at radius 3 is 2.39 bits per heavy atom. The first-order chi connectivity index (χ1) is 13.5. The van der Waals surface area contributed by atoms with Crippen LogP contribution in [0.15, 0.2) is 48.5 Å². The Labute approximate surface area is 168 Å². The molecular formula is C22H23NO4S. The topological polar surface area (TPSA) is 68.7 Å². The molecule has 2 aromatic carbocycles. The number of hydrogen-bond acceptors (Lipinski definition) is 5. The van der Waals surface area contributed by atoms with Crippen LogP contribution in [0.4, 0.5) is 0 Å². The average molecular weight is 397 g/mol. The second-order valence-electron chi connectivity index (χ2n) is 6.65. The number of aromatic carboxylic acids is 1. The number of para-hydroxylation sites is 1. The third kappa shape index (κ3) is 4.70. The third-order valence-corrected chi connectivity index (χ3v) is 5.44. The second-order valence-corrected chi connectivity index (χ2v) is 7.65. The predicted octanol–water partition coefficient (Wildman–Crippen LogP) is 5.40. The summed E-state index contributed by atoms with van der Waals surface area (Å²) >= 11 is 1.18. The lowest BCUT2D eigenvalue weighted by Gasteiger charge is -2.14. The van der Waals surface area contributed by atoms with Gasteiger partial charge in [0, 0.05) is 5.56 Å². The van der Waals surface area contributed by atoms with Crippen LogP contribution in [-0.2, 0) is 0 Å². The lowest BCUT2D eigenvalue weighted by Crippen LogP contribution is -2.10. The van der Waals surface area contributed by atoms with Crippen molar-refractivity contribution in [2.75, 3.05) is 13.2 Å². The molecule has 3 rings (SSSR count). The van der Waals surface area contributed by atoms with E-state index in [4.69, 9.17) is 14.6 Å². The monoisotopic (exact) mass is 397 g/mol. The summed E-state index contributed by atoms with van der Waals surface area (Å²) in [6, 6.07) is 15.5. The van der Waals surface area contributed by atoms with Crippen LogP contribution in [0.1, 0.15) is 40.7 Å². The van der Waals surface area contributed by atoms with E-state index in [-0.39, 0.29) is 4.88 Å². The number of nitrogens with zero attached hydrogens (tertiary/aromatic N) is 1. The van der Waals surface area contributed by atoms with E-state index in [0.29, 0.717) is 29.8 Å². The molecule has 1 N–H and O–H groups in total. The summed E-state index contributed by atoms with van der Waals surface area (Å²) in [5.41, 5.74) is 2.59. The van der Waals surface area contributed by atoms with Gasteiger partial charge in [-0.2, -0.15) is 0 Å². The van der Waals surface area contributed by atoms with E-state index in [2.05, 4.69) is 24.9 Å². The Bertz CT molecular complexity index is 947. The zero-order chi connectivity index (χ0) is 20.1. The van der Waals surface area contributed by atoms with Gasteiger partial charge in [-0.05, 0) is 48.7 Å². The molecule has 0 aliphatic rings. The largest absolute Gasteiger partial charge is 0.490 e. The maximum Gasteiger partial charge on any atom is 0.347 e. The summed E-state index contributed by atoms with van der Waals surface area (Å²) in [6.45, 7) is 6.88. The SMILES string of the molecule is Cc1nc(-c2ccc(OCCOc3ccccc3C(C)C)cc2)sc1C(=O)O. The zero-order valence-electron chi connectivity index (χ0n) is 16.1. The van der Waals surface area contributed by atoms with Gasteiger partial charge < -0.3 is 14.6 Å². The van der Waals surface area contributed by atoms with Crippen molar-refractivity contribution in [3.63, 3.8) is 0 Å². The molecule has 28 heavy (non-hydrogen) atoms. The minimum atomic E-state index is -0.944. The summed E-state index contributed by atoms with van der Waals surface area (Å²) in [6.07, 6.45) is 0. The molecule has 0 fully saturated rings. The average Bonchev–Trinajstić information content (AvgIpc) is 3.08.